The highest BCUT2D eigenvalue weighted by molar-refractivity contribution is 5.80. The van der Waals surface area contributed by atoms with E-state index in [1.807, 2.05) is 33.9 Å². The fourth-order valence-corrected chi connectivity index (χ4v) is 2.98. The van der Waals surface area contributed by atoms with E-state index in [0.29, 0.717) is 31.8 Å². The molecule has 0 spiro atoms. The van der Waals surface area contributed by atoms with Crippen LogP contribution in [0.5, 0.6) is 0 Å². The van der Waals surface area contributed by atoms with Gasteiger partial charge in [0.05, 0.1) is 18.9 Å². The third-order valence-corrected chi connectivity index (χ3v) is 4.38. The molecule has 0 saturated carbocycles. The van der Waals surface area contributed by atoms with Crippen LogP contribution in [0.15, 0.2) is 36.5 Å². The normalized spacial score (nSPS) is 24.7. The molecule has 0 aromatic carbocycles. The molecule has 1 aromatic rings. The van der Waals surface area contributed by atoms with Crippen molar-refractivity contribution in [1.29, 1.82) is 0 Å². The minimum absolute atomic E-state index is 0.207. The zero-order valence-corrected chi connectivity index (χ0v) is 12.9. The monoisotopic (exact) mass is 299 g/mol. The lowest BCUT2D eigenvalue weighted by molar-refractivity contribution is -0.702. The molecule has 1 fully saturated rings. The molecule has 2 aliphatic heterocycles. The summed E-state index contributed by atoms with van der Waals surface area (Å²) in [6, 6.07) is 6.21. The van der Waals surface area contributed by atoms with Gasteiger partial charge in [0.15, 0.2) is 18.4 Å². The Kier molecular flexibility index (Phi) is 4.66. The highest BCUT2D eigenvalue weighted by Gasteiger charge is 2.36. The number of aryl methyl sites for hydroxylation is 1. The number of ketones is 1. The van der Waals surface area contributed by atoms with E-state index in [2.05, 4.69) is 12.2 Å². The number of nitrogens with zero attached hydrogens (tertiary/aromatic N) is 2. The van der Waals surface area contributed by atoms with Crippen LogP contribution in [0.4, 0.5) is 0 Å². The second-order valence-corrected chi connectivity index (χ2v) is 6.14. The van der Waals surface area contributed by atoms with Gasteiger partial charge < -0.3 is 4.90 Å². The van der Waals surface area contributed by atoms with Gasteiger partial charge in [0.1, 0.15) is 5.78 Å². The molecule has 22 heavy (non-hydrogen) atoms. The maximum Gasteiger partial charge on any atom is 0.229 e. The lowest BCUT2D eigenvalue weighted by Gasteiger charge is -2.04. The number of Topliss-reactive ketones (excluding diaryl/α,β-unsaturated/α-hetero) is 1. The van der Waals surface area contributed by atoms with Crippen LogP contribution in [-0.4, -0.2) is 29.2 Å². The van der Waals surface area contributed by atoms with Crippen molar-refractivity contribution in [1.82, 2.24) is 4.90 Å². The lowest BCUT2D eigenvalue weighted by atomic mass is 10.1. The van der Waals surface area contributed by atoms with E-state index in [1.54, 1.807) is 0 Å². The summed E-state index contributed by atoms with van der Waals surface area (Å²) < 4.78 is 2.05. The number of fused-ring (bicyclic) bond motifs is 2. The second kappa shape index (κ2) is 6.86. The van der Waals surface area contributed by atoms with Gasteiger partial charge in [0.25, 0.3) is 0 Å². The van der Waals surface area contributed by atoms with Crippen LogP contribution in [0.2, 0.25) is 0 Å². The van der Waals surface area contributed by atoms with Crippen LogP contribution in [0.3, 0.4) is 0 Å². The molecule has 3 heterocycles. The third-order valence-electron chi connectivity index (χ3n) is 4.38. The summed E-state index contributed by atoms with van der Waals surface area (Å²) in [6.07, 6.45) is 10.9. The smallest absolute Gasteiger partial charge is 0.229 e. The molecular formula is C18H23N2O2+. The van der Waals surface area contributed by atoms with Gasteiger partial charge in [-0.05, 0) is 19.3 Å². The van der Waals surface area contributed by atoms with Crippen molar-refractivity contribution >= 4 is 11.7 Å². The fraction of sp³-hybridized carbons (Fsp3) is 0.500. The Hall–Kier alpha value is -1.97. The van der Waals surface area contributed by atoms with Crippen LogP contribution in [-0.2, 0) is 22.6 Å². The summed E-state index contributed by atoms with van der Waals surface area (Å²) >= 11 is 0. The highest BCUT2D eigenvalue weighted by atomic mass is 16.2. The lowest BCUT2D eigenvalue weighted by Crippen LogP contribution is -2.40. The molecule has 4 heteroatoms. The Balaban J connectivity index is 1.73. The molecule has 0 radical (unpaired) electrons. The van der Waals surface area contributed by atoms with Gasteiger partial charge in [-0.15, -0.1) is 0 Å². The quantitative estimate of drug-likeness (QED) is 0.416. The summed E-state index contributed by atoms with van der Waals surface area (Å²) in [7, 11) is 0. The Morgan fingerprint density at radius 2 is 2.05 bits per heavy atom. The van der Waals surface area contributed by atoms with Gasteiger partial charge in [0, 0.05) is 25.1 Å². The summed E-state index contributed by atoms with van der Waals surface area (Å²) in [4.78, 5) is 26.2. The van der Waals surface area contributed by atoms with E-state index in [0.717, 1.165) is 31.5 Å². The molecule has 4 nitrogen and oxygen atoms in total. The predicted octanol–water partition coefficient (Wildman–Crippen LogP) is 1.82. The molecule has 1 saturated heterocycles. The minimum Gasteiger partial charge on any atom is -0.332 e. The first-order chi connectivity index (χ1) is 10.7. The molecule has 1 amide bonds. The Labute approximate surface area is 131 Å². The van der Waals surface area contributed by atoms with Gasteiger partial charge in [-0.25, -0.2) is 4.57 Å². The molecule has 0 N–H and O–H groups in total. The predicted molar refractivity (Wildman–Crippen MR) is 83.1 cm³/mol. The van der Waals surface area contributed by atoms with Gasteiger partial charge >= 0.3 is 0 Å². The number of carbonyl (C=O) groups is 2. The highest BCUT2D eigenvalue weighted by Crippen LogP contribution is 2.20. The average molecular weight is 299 g/mol. The third kappa shape index (κ3) is 3.81. The summed E-state index contributed by atoms with van der Waals surface area (Å²) in [5.74, 6) is 0.495. The number of aromatic nitrogens is 1. The van der Waals surface area contributed by atoms with Crippen LogP contribution in [0.1, 0.15) is 37.8 Å². The number of pyridine rings is 1. The largest absolute Gasteiger partial charge is 0.332 e. The molecule has 2 aliphatic rings. The molecule has 116 valence electrons. The van der Waals surface area contributed by atoms with Crippen LogP contribution in [0.25, 0.3) is 0 Å². The van der Waals surface area contributed by atoms with Gasteiger partial charge in [0.2, 0.25) is 5.91 Å². The van der Waals surface area contributed by atoms with Crippen LogP contribution in [0, 0.1) is 0 Å². The maximum absolute atomic E-state index is 12.2. The molecule has 0 aliphatic carbocycles. The van der Waals surface area contributed by atoms with E-state index >= 15 is 0 Å². The summed E-state index contributed by atoms with van der Waals surface area (Å²) in [5, 5.41) is 0. The molecule has 3 rings (SSSR count). The SMILES string of the molecule is O=C1CCCC/C=C/C2CN2C(=O)CC[n+]2ccccc2C1. The Bertz CT molecular complexity index is 595. The van der Waals surface area contributed by atoms with E-state index < -0.39 is 0 Å². The second-order valence-electron chi connectivity index (χ2n) is 6.14. The molecule has 1 unspecified atom stereocenters. The number of carbonyl (C=O) groups excluding carboxylic acids is 2. The topological polar surface area (TPSA) is 41.0 Å². The van der Waals surface area contributed by atoms with Crippen molar-refractivity contribution < 1.29 is 14.2 Å². The minimum atomic E-state index is 0.207. The fourth-order valence-electron chi connectivity index (χ4n) is 2.98. The van der Waals surface area contributed by atoms with Crippen molar-refractivity contribution in [3.63, 3.8) is 0 Å². The number of hydrogen-bond donors (Lipinski definition) is 0. The maximum atomic E-state index is 12.2. The summed E-state index contributed by atoms with van der Waals surface area (Å²) in [5.41, 5.74) is 1.01. The number of hydrogen-bond acceptors (Lipinski definition) is 2. The van der Waals surface area contributed by atoms with Crippen molar-refractivity contribution in [3.8, 4) is 0 Å². The first-order valence-corrected chi connectivity index (χ1v) is 8.19. The van der Waals surface area contributed by atoms with Gasteiger partial charge in [-0.2, -0.15) is 0 Å². The van der Waals surface area contributed by atoms with Gasteiger partial charge in [-0.3, -0.25) is 9.59 Å². The van der Waals surface area contributed by atoms with Crippen molar-refractivity contribution in [2.75, 3.05) is 6.54 Å². The van der Waals surface area contributed by atoms with E-state index in [4.69, 9.17) is 0 Å². The van der Waals surface area contributed by atoms with Crippen molar-refractivity contribution in [2.24, 2.45) is 0 Å². The average Bonchev–Trinajstić information content (AvgIpc) is 3.28. The van der Waals surface area contributed by atoms with E-state index in [9.17, 15) is 9.59 Å². The first-order valence-electron chi connectivity index (χ1n) is 8.19. The molecule has 1 aromatic heterocycles. The zero-order valence-electron chi connectivity index (χ0n) is 12.9. The Morgan fingerprint density at radius 3 is 2.95 bits per heavy atom. The molecular weight excluding hydrogens is 276 g/mol. The van der Waals surface area contributed by atoms with E-state index in [1.165, 1.54) is 0 Å². The van der Waals surface area contributed by atoms with Gasteiger partial charge in [-0.1, -0.05) is 18.2 Å². The first kappa shape index (κ1) is 14.9. The number of rotatable bonds is 0. The summed E-state index contributed by atoms with van der Waals surface area (Å²) in [6.45, 7) is 1.51. The Morgan fingerprint density at radius 1 is 1.14 bits per heavy atom. The van der Waals surface area contributed by atoms with E-state index in [-0.39, 0.29) is 11.7 Å². The number of amides is 1. The number of allylic oxidation sites excluding steroid dienone is 1. The molecule has 0 bridgehead atoms. The standard InChI is InChI=1S/C18H23N2O2/c21-17-9-4-2-1-3-8-16-14-20(16)18(22)10-12-19-11-6-5-7-15(19)13-17/h3,5-8,11,16H,1-2,4,9-10,12-14H2/q+1/b8-3+. The zero-order chi connectivity index (χ0) is 15.4. The van der Waals surface area contributed by atoms with Crippen LogP contribution >= 0.6 is 0 Å². The van der Waals surface area contributed by atoms with Crippen molar-refractivity contribution in [3.05, 3.63) is 42.2 Å². The molecule has 1 atom stereocenters. The van der Waals surface area contributed by atoms with Crippen LogP contribution < -0.4 is 4.57 Å². The van der Waals surface area contributed by atoms with Crippen molar-refractivity contribution in [2.45, 2.75) is 51.1 Å².